The zero-order valence-electron chi connectivity index (χ0n) is 26.2. The highest BCUT2D eigenvalue weighted by atomic mass is 32.3. The SMILES string of the molecule is Cc1ccc2c(c1)c1cc(C)ccc1n2-c1ccccc1-c1ccc2c(c1)-c1ccccc1S21(=O)c2ccccc2-c2ccccc21. The fraction of sp³-hybridized carbons (Fsp3) is 0.0455. The Morgan fingerprint density at radius 2 is 0.872 bits per heavy atom. The average Bonchev–Trinajstić information content (AvgIpc) is 3.65. The van der Waals surface area contributed by atoms with E-state index in [4.69, 9.17) is 0 Å². The highest BCUT2D eigenvalue weighted by molar-refractivity contribution is 8.21. The molecule has 0 atom stereocenters. The van der Waals surface area contributed by atoms with Gasteiger partial charge in [-0.2, -0.15) is 0 Å². The van der Waals surface area contributed by atoms with E-state index in [9.17, 15) is 0 Å². The molecule has 0 radical (unpaired) electrons. The number of para-hydroxylation sites is 1. The van der Waals surface area contributed by atoms with Crippen LogP contribution in [0.2, 0.25) is 0 Å². The van der Waals surface area contributed by atoms with Crippen molar-refractivity contribution in [3.63, 3.8) is 0 Å². The Morgan fingerprint density at radius 1 is 0.426 bits per heavy atom. The van der Waals surface area contributed by atoms with Gasteiger partial charge in [-0.05, 0) is 102 Å². The summed E-state index contributed by atoms with van der Waals surface area (Å²) < 4.78 is 19.1. The van der Waals surface area contributed by atoms with E-state index in [1.807, 2.05) is 18.2 Å². The van der Waals surface area contributed by atoms with Crippen molar-refractivity contribution >= 4 is 30.9 Å². The molecule has 0 amide bonds. The van der Waals surface area contributed by atoms with Crippen molar-refractivity contribution in [3.05, 3.63) is 163 Å². The van der Waals surface area contributed by atoms with E-state index in [2.05, 4.69) is 152 Å². The first-order valence-electron chi connectivity index (χ1n) is 16.2. The molecule has 0 N–H and O–H groups in total. The van der Waals surface area contributed by atoms with Crippen LogP contribution in [0.1, 0.15) is 11.1 Å². The fourth-order valence-electron chi connectivity index (χ4n) is 8.47. The van der Waals surface area contributed by atoms with Gasteiger partial charge in [-0.1, -0.05) is 102 Å². The molecule has 7 aromatic carbocycles. The summed E-state index contributed by atoms with van der Waals surface area (Å²) in [4.78, 5) is 3.65. The van der Waals surface area contributed by atoms with Crippen LogP contribution < -0.4 is 0 Å². The topological polar surface area (TPSA) is 22.0 Å². The van der Waals surface area contributed by atoms with Crippen LogP contribution in [0.25, 0.3) is 60.9 Å². The number of benzene rings is 7. The Labute approximate surface area is 274 Å². The summed E-state index contributed by atoms with van der Waals surface area (Å²) in [6, 6.07) is 53.8. The van der Waals surface area contributed by atoms with Crippen molar-refractivity contribution in [3.8, 4) is 39.1 Å². The molecule has 3 heterocycles. The molecule has 0 fully saturated rings. The number of hydrogen-bond acceptors (Lipinski definition) is 1. The van der Waals surface area contributed by atoms with Crippen LogP contribution in [0.5, 0.6) is 0 Å². The molecule has 1 spiro atoms. The lowest BCUT2D eigenvalue weighted by molar-refractivity contribution is 0.658. The van der Waals surface area contributed by atoms with Crippen LogP contribution in [0.15, 0.2) is 171 Å². The smallest absolute Gasteiger partial charge is 0.0541 e. The lowest BCUT2D eigenvalue weighted by atomic mass is 9.98. The summed E-state index contributed by atoms with van der Waals surface area (Å²) in [6.07, 6.45) is 0. The molecule has 2 aliphatic heterocycles. The minimum Gasteiger partial charge on any atom is -0.309 e. The summed E-state index contributed by atoms with van der Waals surface area (Å²) in [5.41, 5.74) is 12.5. The number of aromatic nitrogens is 1. The minimum atomic E-state index is -3.85. The van der Waals surface area contributed by atoms with Crippen molar-refractivity contribution in [2.45, 2.75) is 33.4 Å². The Balaban J connectivity index is 1.27. The van der Waals surface area contributed by atoms with Gasteiger partial charge in [0.1, 0.15) is 0 Å². The summed E-state index contributed by atoms with van der Waals surface area (Å²) in [5.74, 6) is 0. The van der Waals surface area contributed by atoms with Gasteiger partial charge in [0, 0.05) is 45.0 Å². The molecule has 47 heavy (non-hydrogen) atoms. The van der Waals surface area contributed by atoms with Gasteiger partial charge in [-0.15, -0.1) is 0 Å². The Morgan fingerprint density at radius 3 is 1.43 bits per heavy atom. The van der Waals surface area contributed by atoms with E-state index < -0.39 is 9.07 Å². The molecular weight excluding hydrogens is 591 g/mol. The molecule has 8 aromatic rings. The first-order chi connectivity index (χ1) is 23.0. The zero-order valence-corrected chi connectivity index (χ0v) is 27.0. The molecule has 1 aromatic heterocycles. The third-order valence-electron chi connectivity index (χ3n) is 10.4. The van der Waals surface area contributed by atoms with Crippen molar-refractivity contribution in [2.24, 2.45) is 0 Å². The molecule has 0 aliphatic carbocycles. The first-order valence-corrected chi connectivity index (χ1v) is 18.1. The second-order valence-corrected chi connectivity index (χ2v) is 16.7. The highest BCUT2D eigenvalue weighted by Crippen LogP contribution is 2.71. The molecule has 3 heteroatoms. The third-order valence-corrected chi connectivity index (χ3v) is 15.2. The predicted molar refractivity (Wildman–Crippen MR) is 194 cm³/mol. The summed E-state index contributed by atoms with van der Waals surface area (Å²) in [7, 11) is -3.85. The maximum Gasteiger partial charge on any atom is 0.0541 e. The number of fused-ring (bicyclic) bond motifs is 13. The molecule has 0 saturated heterocycles. The molecular formula is C44H31NOS. The van der Waals surface area contributed by atoms with Gasteiger partial charge in [0.25, 0.3) is 0 Å². The van der Waals surface area contributed by atoms with Crippen LogP contribution in [0.4, 0.5) is 0 Å². The summed E-state index contributed by atoms with van der Waals surface area (Å²) >= 11 is 0. The van der Waals surface area contributed by atoms with Gasteiger partial charge >= 0.3 is 0 Å². The summed E-state index contributed by atoms with van der Waals surface area (Å²) in [6.45, 7) is 4.32. The van der Waals surface area contributed by atoms with Crippen LogP contribution in [-0.4, -0.2) is 8.78 Å². The molecule has 2 nitrogen and oxygen atoms in total. The predicted octanol–water partition coefficient (Wildman–Crippen LogP) is 11.4. The Hall–Kier alpha value is -5.51. The van der Waals surface area contributed by atoms with Gasteiger partial charge in [-0.25, -0.2) is 0 Å². The summed E-state index contributed by atoms with van der Waals surface area (Å²) in [5, 5.41) is 2.53. The van der Waals surface area contributed by atoms with Crippen LogP contribution in [0.3, 0.4) is 0 Å². The van der Waals surface area contributed by atoms with Crippen LogP contribution in [-0.2, 0) is 9.07 Å². The molecule has 0 saturated carbocycles. The van der Waals surface area contributed by atoms with E-state index in [-0.39, 0.29) is 0 Å². The van der Waals surface area contributed by atoms with E-state index in [1.165, 1.54) is 32.9 Å². The lowest BCUT2D eigenvalue weighted by Crippen LogP contribution is -2.29. The van der Waals surface area contributed by atoms with Gasteiger partial charge in [0.15, 0.2) is 0 Å². The molecule has 224 valence electrons. The number of hydrogen-bond donors (Lipinski definition) is 0. The van der Waals surface area contributed by atoms with Crippen molar-refractivity contribution in [1.29, 1.82) is 0 Å². The molecule has 0 bridgehead atoms. The van der Waals surface area contributed by atoms with E-state index in [1.54, 1.807) is 0 Å². The van der Waals surface area contributed by atoms with Crippen molar-refractivity contribution in [2.75, 3.05) is 0 Å². The number of nitrogens with zero attached hydrogens (tertiary/aromatic N) is 1. The second-order valence-electron chi connectivity index (χ2n) is 13.0. The van der Waals surface area contributed by atoms with Gasteiger partial charge in [-0.3, -0.25) is 4.21 Å². The fourth-order valence-corrected chi connectivity index (χ4v) is 13.6. The second kappa shape index (κ2) is 9.06. The van der Waals surface area contributed by atoms with Gasteiger partial charge in [0.2, 0.25) is 0 Å². The zero-order chi connectivity index (χ0) is 31.5. The highest BCUT2D eigenvalue weighted by Gasteiger charge is 2.57. The Kier molecular flexibility index (Phi) is 5.14. The molecule has 2 aliphatic rings. The van der Waals surface area contributed by atoms with Crippen molar-refractivity contribution in [1.82, 2.24) is 4.57 Å². The van der Waals surface area contributed by atoms with Gasteiger partial charge in [0.05, 0.1) is 16.7 Å². The van der Waals surface area contributed by atoms with E-state index >= 15 is 4.21 Å². The number of rotatable bonds is 2. The van der Waals surface area contributed by atoms with Crippen molar-refractivity contribution < 1.29 is 4.21 Å². The Bertz CT molecular complexity index is 2620. The standard InChI is InChI=1S/C44H31NOS/c1-28-19-22-39-35(25-28)36-26-29(2)20-23-40(36)45(39)38-15-7-3-11-31(38)30-21-24-44-37(27-30)34-14-6-10-18-43(34)47(44,46)41-16-8-4-12-32(41)33-13-5-9-17-42(33)47/h3-27H,1-2H3. The molecule has 0 unspecified atom stereocenters. The third kappa shape index (κ3) is 3.17. The van der Waals surface area contributed by atoms with Gasteiger partial charge < -0.3 is 4.57 Å². The van der Waals surface area contributed by atoms with Crippen LogP contribution in [0, 0.1) is 13.8 Å². The average molecular weight is 622 g/mol. The molecule has 10 rings (SSSR count). The number of aryl methyl sites for hydroxylation is 2. The lowest BCUT2D eigenvalue weighted by Gasteiger charge is -2.38. The minimum absolute atomic E-state index is 0.907. The largest absolute Gasteiger partial charge is 0.309 e. The quantitative estimate of drug-likeness (QED) is 0.188. The maximum atomic E-state index is 16.7. The van der Waals surface area contributed by atoms with Crippen LogP contribution >= 0.6 is 0 Å². The first kappa shape index (κ1) is 26.7. The monoisotopic (exact) mass is 621 g/mol. The van der Waals surface area contributed by atoms with E-state index in [0.29, 0.717) is 0 Å². The normalized spacial score (nSPS) is 15.6. The maximum absolute atomic E-state index is 16.7. The van der Waals surface area contributed by atoms with E-state index in [0.717, 1.165) is 58.7 Å².